The zero-order valence-corrected chi connectivity index (χ0v) is 8.01. The van der Waals surface area contributed by atoms with E-state index in [-0.39, 0.29) is 12.5 Å². The topological polar surface area (TPSA) is 69.9 Å². The average Bonchev–Trinajstić information content (AvgIpc) is 1.97. The standard InChI is InChI=1S/C6H11IO4/c7-2-5-3(8)1-4(9)6(10)11-5/h3-6,8-10H,1-2H2/t3-,4-,5+,6?/m1/s1. The van der Waals surface area contributed by atoms with Gasteiger partial charge in [-0.15, -0.1) is 0 Å². The highest BCUT2D eigenvalue weighted by Crippen LogP contribution is 2.19. The largest absolute Gasteiger partial charge is 0.390 e. The fraction of sp³-hybridized carbons (Fsp3) is 1.00. The summed E-state index contributed by atoms with van der Waals surface area (Å²) in [5, 5.41) is 27.3. The Hall–Kier alpha value is 0.570. The van der Waals surface area contributed by atoms with Crippen LogP contribution in [0.25, 0.3) is 0 Å². The van der Waals surface area contributed by atoms with E-state index in [9.17, 15) is 5.11 Å². The molecule has 0 aromatic rings. The molecule has 11 heavy (non-hydrogen) atoms. The van der Waals surface area contributed by atoms with Crippen LogP contribution < -0.4 is 0 Å². The molecule has 1 aliphatic rings. The highest BCUT2D eigenvalue weighted by atomic mass is 127. The maximum Gasteiger partial charge on any atom is 0.181 e. The fourth-order valence-corrected chi connectivity index (χ4v) is 1.81. The van der Waals surface area contributed by atoms with Gasteiger partial charge in [-0.05, 0) is 0 Å². The molecule has 1 rings (SSSR count). The molecule has 0 amide bonds. The number of halogens is 1. The molecule has 0 aliphatic carbocycles. The molecule has 4 nitrogen and oxygen atoms in total. The maximum atomic E-state index is 9.26. The van der Waals surface area contributed by atoms with Gasteiger partial charge in [0.15, 0.2) is 6.29 Å². The van der Waals surface area contributed by atoms with E-state index in [2.05, 4.69) is 22.6 Å². The molecule has 3 N–H and O–H groups in total. The Balaban J connectivity index is 2.48. The van der Waals surface area contributed by atoms with Crippen LogP contribution in [0.2, 0.25) is 0 Å². The first kappa shape index (κ1) is 9.66. The number of aliphatic hydroxyl groups is 3. The van der Waals surface area contributed by atoms with Gasteiger partial charge in [0.2, 0.25) is 0 Å². The van der Waals surface area contributed by atoms with Crippen molar-refractivity contribution in [2.24, 2.45) is 0 Å². The summed E-state index contributed by atoms with van der Waals surface area (Å²) < 4.78 is 5.52. The number of hydrogen-bond acceptors (Lipinski definition) is 4. The van der Waals surface area contributed by atoms with Crippen LogP contribution >= 0.6 is 22.6 Å². The van der Waals surface area contributed by atoms with Crippen LogP contribution in [0.1, 0.15) is 6.42 Å². The second-order valence-electron chi connectivity index (χ2n) is 2.59. The molecule has 0 bridgehead atoms. The summed E-state index contributed by atoms with van der Waals surface area (Å²) in [7, 11) is 0. The molecule has 1 saturated heterocycles. The third-order valence-electron chi connectivity index (χ3n) is 1.71. The van der Waals surface area contributed by atoms with Crippen molar-refractivity contribution in [3.63, 3.8) is 0 Å². The van der Waals surface area contributed by atoms with Gasteiger partial charge in [0.1, 0.15) is 6.10 Å². The van der Waals surface area contributed by atoms with Gasteiger partial charge in [0.25, 0.3) is 0 Å². The fourth-order valence-electron chi connectivity index (χ4n) is 1.02. The predicted molar refractivity (Wildman–Crippen MR) is 46.4 cm³/mol. The van der Waals surface area contributed by atoms with E-state index < -0.39 is 18.5 Å². The summed E-state index contributed by atoms with van der Waals surface area (Å²) >= 11 is 2.06. The summed E-state index contributed by atoms with van der Waals surface area (Å²) in [5.74, 6) is 0. The number of ether oxygens (including phenoxy) is 1. The highest BCUT2D eigenvalue weighted by Gasteiger charge is 2.34. The Morgan fingerprint density at radius 2 is 1.91 bits per heavy atom. The quantitative estimate of drug-likeness (QED) is 0.435. The molecule has 5 heteroatoms. The van der Waals surface area contributed by atoms with Crippen molar-refractivity contribution in [3.05, 3.63) is 0 Å². The van der Waals surface area contributed by atoms with Crippen molar-refractivity contribution in [1.29, 1.82) is 0 Å². The van der Waals surface area contributed by atoms with Crippen LogP contribution in [0.5, 0.6) is 0 Å². The summed E-state index contributed by atoms with van der Waals surface area (Å²) in [6.45, 7) is 0. The van der Waals surface area contributed by atoms with Crippen LogP contribution in [0.3, 0.4) is 0 Å². The van der Waals surface area contributed by atoms with Crippen molar-refractivity contribution in [2.45, 2.75) is 31.0 Å². The number of hydrogen-bond donors (Lipinski definition) is 3. The molecule has 1 aliphatic heterocycles. The summed E-state index contributed by atoms with van der Waals surface area (Å²) in [4.78, 5) is 0. The van der Waals surface area contributed by atoms with Crippen LogP contribution in [-0.2, 0) is 4.74 Å². The lowest BCUT2D eigenvalue weighted by molar-refractivity contribution is -0.238. The molecule has 66 valence electrons. The zero-order valence-electron chi connectivity index (χ0n) is 5.85. The van der Waals surface area contributed by atoms with Gasteiger partial charge < -0.3 is 20.1 Å². The molecule has 1 heterocycles. The van der Waals surface area contributed by atoms with Gasteiger partial charge in [-0.1, -0.05) is 22.6 Å². The van der Waals surface area contributed by atoms with Gasteiger partial charge >= 0.3 is 0 Å². The van der Waals surface area contributed by atoms with Crippen LogP contribution in [-0.4, -0.2) is 44.3 Å². The lowest BCUT2D eigenvalue weighted by Crippen LogP contribution is -2.47. The Morgan fingerprint density at radius 3 is 2.45 bits per heavy atom. The molecule has 4 atom stereocenters. The first-order chi connectivity index (χ1) is 5.15. The highest BCUT2D eigenvalue weighted by molar-refractivity contribution is 14.1. The first-order valence-electron chi connectivity index (χ1n) is 3.40. The van der Waals surface area contributed by atoms with Crippen LogP contribution in [0.4, 0.5) is 0 Å². The van der Waals surface area contributed by atoms with Gasteiger partial charge in [-0.3, -0.25) is 0 Å². The monoisotopic (exact) mass is 274 g/mol. The van der Waals surface area contributed by atoms with Crippen molar-refractivity contribution in [2.75, 3.05) is 4.43 Å². The van der Waals surface area contributed by atoms with Gasteiger partial charge in [-0.2, -0.15) is 0 Å². The zero-order chi connectivity index (χ0) is 8.43. The Kier molecular flexibility index (Phi) is 3.51. The molecular weight excluding hydrogens is 263 g/mol. The normalized spacial score (nSPS) is 45.8. The predicted octanol–water partition coefficient (Wildman–Crippen LogP) is -0.750. The van der Waals surface area contributed by atoms with Crippen molar-refractivity contribution >= 4 is 22.6 Å². The van der Waals surface area contributed by atoms with E-state index in [4.69, 9.17) is 14.9 Å². The number of aliphatic hydroxyl groups excluding tert-OH is 3. The molecule has 0 spiro atoms. The maximum absolute atomic E-state index is 9.26. The van der Waals surface area contributed by atoms with Crippen LogP contribution in [0, 0.1) is 0 Å². The molecule has 0 saturated carbocycles. The van der Waals surface area contributed by atoms with Crippen molar-refractivity contribution in [1.82, 2.24) is 0 Å². The summed E-state index contributed by atoms with van der Waals surface area (Å²) in [6, 6.07) is 0. The molecule has 0 aromatic carbocycles. The Bertz CT molecular complexity index is 132. The first-order valence-corrected chi connectivity index (χ1v) is 4.93. The second kappa shape index (κ2) is 3.99. The molecule has 1 fully saturated rings. The number of rotatable bonds is 1. The third-order valence-corrected chi connectivity index (χ3v) is 2.58. The van der Waals surface area contributed by atoms with Gasteiger partial charge in [0, 0.05) is 10.8 Å². The summed E-state index contributed by atoms with van der Waals surface area (Å²) in [5.41, 5.74) is 0. The minimum Gasteiger partial charge on any atom is -0.390 e. The van der Waals surface area contributed by atoms with Crippen molar-refractivity contribution < 1.29 is 20.1 Å². The lowest BCUT2D eigenvalue weighted by Gasteiger charge is -2.33. The minimum absolute atomic E-state index is 0.189. The van der Waals surface area contributed by atoms with Gasteiger partial charge in [-0.25, -0.2) is 0 Å². The summed E-state index contributed by atoms with van der Waals surface area (Å²) in [6.07, 6.45) is -2.92. The Morgan fingerprint density at radius 1 is 1.27 bits per heavy atom. The smallest absolute Gasteiger partial charge is 0.181 e. The lowest BCUT2D eigenvalue weighted by atomic mass is 10.0. The van der Waals surface area contributed by atoms with E-state index >= 15 is 0 Å². The molecule has 1 unspecified atom stereocenters. The minimum atomic E-state index is -1.14. The molecular formula is C6H11IO4. The van der Waals surface area contributed by atoms with Crippen molar-refractivity contribution in [3.8, 4) is 0 Å². The third kappa shape index (κ3) is 2.25. The van der Waals surface area contributed by atoms with E-state index in [1.807, 2.05) is 0 Å². The Labute approximate surface area is 78.3 Å². The van der Waals surface area contributed by atoms with E-state index in [0.29, 0.717) is 4.43 Å². The van der Waals surface area contributed by atoms with E-state index in [0.717, 1.165) is 0 Å². The average molecular weight is 274 g/mol. The van der Waals surface area contributed by atoms with Crippen LogP contribution in [0.15, 0.2) is 0 Å². The number of alkyl halides is 1. The van der Waals surface area contributed by atoms with Gasteiger partial charge in [0.05, 0.1) is 12.2 Å². The second-order valence-corrected chi connectivity index (χ2v) is 3.47. The van der Waals surface area contributed by atoms with E-state index in [1.165, 1.54) is 0 Å². The van der Waals surface area contributed by atoms with E-state index in [1.54, 1.807) is 0 Å². The molecule has 0 radical (unpaired) electrons. The molecule has 0 aromatic heterocycles. The SMILES string of the molecule is OC1O[C@@H](CI)[C@H](O)C[C@H]1O.